The Balaban J connectivity index is 2.23. The highest BCUT2D eigenvalue weighted by atomic mass is 19.1. The molecule has 16 heavy (non-hydrogen) atoms. The van der Waals surface area contributed by atoms with Crippen LogP contribution in [0.2, 0.25) is 0 Å². The largest absolute Gasteiger partial charge is 0.384 e. The lowest BCUT2D eigenvalue weighted by Gasteiger charge is -2.07. The van der Waals surface area contributed by atoms with Crippen molar-refractivity contribution in [3.63, 3.8) is 0 Å². The summed E-state index contributed by atoms with van der Waals surface area (Å²) in [7, 11) is 0. The van der Waals surface area contributed by atoms with E-state index < -0.39 is 0 Å². The van der Waals surface area contributed by atoms with Crippen LogP contribution in [0.5, 0.6) is 0 Å². The zero-order valence-electron chi connectivity index (χ0n) is 8.87. The van der Waals surface area contributed by atoms with Gasteiger partial charge in [0.2, 0.25) is 0 Å². The minimum atomic E-state index is -0.258. The first-order valence-electron chi connectivity index (χ1n) is 4.89. The highest BCUT2D eigenvalue weighted by Crippen LogP contribution is 2.18. The van der Waals surface area contributed by atoms with E-state index in [1.165, 1.54) is 12.1 Å². The summed E-state index contributed by atoms with van der Waals surface area (Å²) in [6.07, 6.45) is 1.61. The maximum atomic E-state index is 13.1. The lowest BCUT2D eigenvalue weighted by Crippen LogP contribution is -1.94. The van der Waals surface area contributed by atoms with Gasteiger partial charge in [-0.15, -0.1) is 0 Å². The average molecular weight is 217 g/mol. The average Bonchev–Trinajstić information content (AvgIpc) is 2.20. The van der Waals surface area contributed by atoms with Gasteiger partial charge in [0.25, 0.3) is 0 Å². The zero-order chi connectivity index (χ0) is 11.5. The normalized spacial score (nSPS) is 10.1. The molecule has 3 N–H and O–H groups in total. The molecule has 1 aromatic heterocycles. The number of anilines is 3. The molecule has 1 aromatic carbocycles. The summed E-state index contributed by atoms with van der Waals surface area (Å²) < 4.78 is 13.1. The molecule has 0 radical (unpaired) electrons. The van der Waals surface area contributed by atoms with Crippen molar-refractivity contribution in [3.05, 3.63) is 47.9 Å². The summed E-state index contributed by atoms with van der Waals surface area (Å²) >= 11 is 0. The van der Waals surface area contributed by atoms with E-state index in [0.717, 1.165) is 11.3 Å². The highest BCUT2D eigenvalue weighted by Gasteiger charge is 1.99. The van der Waals surface area contributed by atoms with Crippen molar-refractivity contribution in [2.45, 2.75) is 6.92 Å². The molecule has 0 aliphatic rings. The van der Waals surface area contributed by atoms with Crippen LogP contribution in [-0.4, -0.2) is 4.98 Å². The minimum Gasteiger partial charge on any atom is -0.384 e. The third-order valence-corrected chi connectivity index (χ3v) is 2.12. The topological polar surface area (TPSA) is 50.9 Å². The lowest BCUT2D eigenvalue weighted by atomic mass is 10.2. The molecule has 4 heteroatoms. The number of nitrogens with two attached hydrogens (primary N) is 1. The second-order valence-corrected chi connectivity index (χ2v) is 3.61. The summed E-state index contributed by atoms with van der Waals surface area (Å²) in [5.41, 5.74) is 7.81. The Morgan fingerprint density at radius 2 is 2.00 bits per heavy atom. The van der Waals surface area contributed by atoms with Gasteiger partial charge in [-0.1, -0.05) is 0 Å². The predicted octanol–water partition coefficient (Wildman–Crippen LogP) is 2.85. The van der Waals surface area contributed by atoms with Crippen LogP contribution in [0.15, 0.2) is 36.5 Å². The number of nitrogens with one attached hydrogen (secondary N) is 1. The minimum absolute atomic E-state index is 0.258. The standard InChI is InChI=1S/C12H12FN3/c1-8-4-9(13)6-11(5-8)16-10-2-3-12(14)15-7-10/h2-7,16H,1H3,(H2,14,15). The van der Waals surface area contributed by atoms with Crippen molar-refractivity contribution < 1.29 is 4.39 Å². The fraction of sp³-hybridized carbons (Fsp3) is 0.0833. The van der Waals surface area contributed by atoms with E-state index in [1.54, 1.807) is 18.3 Å². The molecule has 1 heterocycles. The first-order valence-corrected chi connectivity index (χ1v) is 4.89. The maximum Gasteiger partial charge on any atom is 0.125 e. The third kappa shape index (κ3) is 2.48. The summed E-state index contributed by atoms with van der Waals surface area (Å²) in [5, 5.41) is 3.05. The van der Waals surface area contributed by atoms with Crippen molar-refractivity contribution in [3.8, 4) is 0 Å². The maximum absolute atomic E-state index is 13.1. The van der Waals surface area contributed by atoms with Gasteiger partial charge in [0.1, 0.15) is 11.6 Å². The van der Waals surface area contributed by atoms with Gasteiger partial charge in [-0.3, -0.25) is 0 Å². The van der Waals surface area contributed by atoms with Gasteiger partial charge >= 0.3 is 0 Å². The third-order valence-electron chi connectivity index (χ3n) is 2.12. The Bertz CT molecular complexity index is 474. The number of rotatable bonds is 2. The van der Waals surface area contributed by atoms with Gasteiger partial charge in [0.05, 0.1) is 11.9 Å². The summed E-state index contributed by atoms with van der Waals surface area (Å²) in [6, 6.07) is 8.26. The van der Waals surface area contributed by atoms with Crippen LogP contribution >= 0.6 is 0 Å². The van der Waals surface area contributed by atoms with E-state index in [-0.39, 0.29) is 5.82 Å². The SMILES string of the molecule is Cc1cc(F)cc(Nc2ccc(N)nc2)c1. The van der Waals surface area contributed by atoms with E-state index in [0.29, 0.717) is 11.5 Å². The molecule has 0 aliphatic heterocycles. The van der Waals surface area contributed by atoms with E-state index in [4.69, 9.17) is 5.73 Å². The summed E-state index contributed by atoms with van der Waals surface area (Å²) in [6.45, 7) is 1.84. The molecule has 0 unspecified atom stereocenters. The molecule has 0 atom stereocenters. The molecular formula is C12H12FN3. The molecule has 2 aromatic rings. The monoisotopic (exact) mass is 217 g/mol. The number of nitrogen functional groups attached to an aromatic ring is 1. The summed E-state index contributed by atoms with van der Waals surface area (Å²) in [5.74, 6) is 0.201. The second kappa shape index (κ2) is 4.18. The van der Waals surface area contributed by atoms with Gasteiger partial charge in [-0.05, 0) is 42.8 Å². The van der Waals surface area contributed by atoms with Crippen LogP contribution in [0.3, 0.4) is 0 Å². The smallest absolute Gasteiger partial charge is 0.125 e. The number of hydrogen-bond donors (Lipinski definition) is 2. The molecule has 0 saturated carbocycles. The number of aromatic nitrogens is 1. The number of hydrogen-bond acceptors (Lipinski definition) is 3. The van der Waals surface area contributed by atoms with Crippen molar-refractivity contribution in [2.24, 2.45) is 0 Å². The second-order valence-electron chi connectivity index (χ2n) is 3.61. The molecule has 0 spiro atoms. The molecule has 0 saturated heterocycles. The van der Waals surface area contributed by atoms with Gasteiger partial charge in [0.15, 0.2) is 0 Å². The molecule has 2 rings (SSSR count). The van der Waals surface area contributed by atoms with Gasteiger partial charge in [0, 0.05) is 5.69 Å². The highest BCUT2D eigenvalue weighted by molar-refractivity contribution is 5.60. The Hall–Kier alpha value is -2.10. The fourth-order valence-corrected chi connectivity index (χ4v) is 1.45. The van der Waals surface area contributed by atoms with Crippen LogP contribution in [0.1, 0.15) is 5.56 Å². The Kier molecular flexibility index (Phi) is 2.72. The number of halogens is 1. The quantitative estimate of drug-likeness (QED) is 0.813. The Morgan fingerprint density at radius 3 is 2.62 bits per heavy atom. The van der Waals surface area contributed by atoms with E-state index >= 15 is 0 Å². The first kappa shape index (κ1) is 10.4. The predicted molar refractivity (Wildman–Crippen MR) is 63.1 cm³/mol. The fourth-order valence-electron chi connectivity index (χ4n) is 1.45. The van der Waals surface area contributed by atoms with Gasteiger partial charge in [-0.2, -0.15) is 0 Å². The first-order chi connectivity index (χ1) is 7.63. The van der Waals surface area contributed by atoms with E-state index in [2.05, 4.69) is 10.3 Å². The van der Waals surface area contributed by atoms with Crippen molar-refractivity contribution in [1.82, 2.24) is 4.98 Å². The molecule has 0 fully saturated rings. The number of benzene rings is 1. The number of nitrogens with zero attached hydrogens (tertiary/aromatic N) is 1. The van der Waals surface area contributed by atoms with Crippen LogP contribution in [-0.2, 0) is 0 Å². The lowest BCUT2D eigenvalue weighted by molar-refractivity contribution is 0.627. The van der Waals surface area contributed by atoms with Crippen LogP contribution in [0.25, 0.3) is 0 Å². The molecule has 0 aliphatic carbocycles. The Morgan fingerprint density at radius 1 is 1.19 bits per heavy atom. The molecular weight excluding hydrogens is 205 g/mol. The van der Waals surface area contributed by atoms with E-state index in [1.807, 2.05) is 13.0 Å². The van der Waals surface area contributed by atoms with Crippen molar-refractivity contribution in [1.29, 1.82) is 0 Å². The molecule has 82 valence electrons. The van der Waals surface area contributed by atoms with Gasteiger partial charge in [-0.25, -0.2) is 9.37 Å². The molecule has 0 amide bonds. The molecule has 3 nitrogen and oxygen atoms in total. The van der Waals surface area contributed by atoms with Crippen molar-refractivity contribution in [2.75, 3.05) is 11.1 Å². The Labute approximate surface area is 93.1 Å². The number of aryl methyl sites for hydroxylation is 1. The zero-order valence-corrected chi connectivity index (χ0v) is 8.87. The molecule has 0 bridgehead atoms. The van der Waals surface area contributed by atoms with E-state index in [9.17, 15) is 4.39 Å². The van der Waals surface area contributed by atoms with Gasteiger partial charge < -0.3 is 11.1 Å². The van der Waals surface area contributed by atoms with Crippen LogP contribution in [0.4, 0.5) is 21.6 Å². The number of pyridine rings is 1. The van der Waals surface area contributed by atoms with Crippen LogP contribution in [0, 0.1) is 12.7 Å². The van der Waals surface area contributed by atoms with Crippen molar-refractivity contribution >= 4 is 17.2 Å². The summed E-state index contributed by atoms with van der Waals surface area (Å²) in [4.78, 5) is 3.94. The van der Waals surface area contributed by atoms with Crippen LogP contribution < -0.4 is 11.1 Å².